The van der Waals surface area contributed by atoms with Gasteiger partial charge >= 0.3 is 0 Å². The van der Waals surface area contributed by atoms with E-state index >= 15 is 0 Å². The Balaban J connectivity index is 2.95. The maximum absolute atomic E-state index is 5.84. The Morgan fingerprint density at radius 1 is 1.21 bits per heavy atom. The molecule has 0 aliphatic heterocycles. The van der Waals surface area contributed by atoms with E-state index in [1.54, 1.807) is 6.08 Å². The minimum atomic E-state index is -0.0518. The summed E-state index contributed by atoms with van der Waals surface area (Å²) in [4.78, 5) is 0. The van der Waals surface area contributed by atoms with Gasteiger partial charge in [0.1, 0.15) is 0 Å². The highest BCUT2D eigenvalue weighted by Crippen LogP contribution is 2.23. The van der Waals surface area contributed by atoms with Crippen molar-refractivity contribution in [3.8, 4) is 0 Å². The molecule has 14 heavy (non-hydrogen) atoms. The minimum absolute atomic E-state index is 0.0518. The van der Waals surface area contributed by atoms with Crippen molar-refractivity contribution >= 4 is 0 Å². The number of rotatable bonds is 2. The summed E-state index contributed by atoms with van der Waals surface area (Å²) < 4.78 is 0. The molecule has 0 saturated heterocycles. The largest absolute Gasteiger partial charge is 0.321 e. The summed E-state index contributed by atoms with van der Waals surface area (Å²) >= 11 is 0. The summed E-state index contributed by atoms with van der Waals surface area (Å²) in [5, 5.41) is 0. The van der Waals surface area contributed by atoms with Gasteiger partial charge in [0.05, 0.1) is 0 Å². The highest BCUT2D eigenvalue weighted by Gasteiger charge is 2.13. The summed E-state index contributed by atoms with van der Waals surface area (Å²) in [6.07, 6.45) is 1.76. The molecule has 2 N–H and O–H groups in total. The first-order chi connectivity index (χ1) is 6.45. The fourth-order valence-corrected chi connectivity index (χ4v) is 1.34. The van der Waals surface area contributed by atoms with Gasteiger partial charge in [-0.3, -0.25) is 0 Å². The van der Waals surface area contributed by atoms with E-state index in [4.69, 9.17) is 5.73 Å². The van der Waals surface area contributed by atoms with Gasteiger partial charge in [-0.2, -0.15) is 0 Å². The van der Waals surface area contributed by atoms with Gasteiger partial charge in [-0.15, -0.1) is 6.58 Å². The van der Waals surface area contributed by atoms with Gasteiger partial charge in [-0.05, 0) is 16.5 Å². The van der Waals surface area contributed by atoms with E-state index in [0.29, 0.717) is 0 Å². The molecule has 0 heterocycles. The fraction of sp³-hybridized carbons (Fsp3) is 0.385. The molecule has 0 aliphatic carbocycles. The first-order valence-electron chi connectivity index (χ1n) is 4.93. The van der Waals surface area contributed by atoms with Crippen molar-refractivity contribution in [1.82, 2.24) is 0 Å². The van der Waals surface area contributed by atoms with Gasteiger partial charge in [-0.1, -0.05) is 51.1 Å². The summed E-state index contributed by atoms with van der Waals surface area (Å²) in [6.45, 7) is 10.3. The summed E-state index contributed by atoms with van der Waals surface area (Å²) in [5.74, 6) is 0. The van der Waals surface area contributed by atoms with E-state index < -0.39 is 0 Å². The van der Waals surface area contributed by atoms with Crippen LogP contribution in [0.15, 0.2) is 36.9 Å². The van der Waals surface area contributed by atoms with Crippen molar-refractivity contribution in [3.63, 3.8) is 0 Å². The minimum Gasteiger partial charge on any atom is -0.321 e. The zero-order valence-electron chi connectivity index (χ0n) is 9.25. The Kier molecular flexibility index (Phi) is 3.12. The second-order valence-electron chi connectivity index (χ2n) is 4.63. The van der Waals surface area contributed by atoms with E-state index in [0.717, 1.165) is 5.56 Å². The van der Waals surface area contributed by atoms with Crippen molar-refractivity contribution in [2.45, 2.75) is 32.2 Å². The first-order valence-corrected chi connectivity index (χ1v) is 4.93. The lowest BCUT2D eigenvalue weighted by atomic mass is 9.86. The Hall–Kier alpha value is -1.08. The Morgan fingerprint density at radius 2 is 1.71 bits per heavy atom. The smallest absolute Gasteiger partial charge is 0.0478 e. The van der Waals surface area contributed by atoms with Gasteiger partial charge in [0.2, 0.25) is 0 Å². The maximum atomic E-state index is 5.84. The molecule has 1 atom stereocenters. The molecule has 1 aromatic carbocycles. The van der Waals surface area contributed by atoms with Gasteiger partial charge in [0, 0.05) is 6.04 Å². The molecule has 1 heteroatoms. The second-order valence-corrected chi connectivity index (χ2v) is 4.63. The van der Waals surface area contributed by atoms with Crippen molar-refractivity contribution in [1.29, 1.82) is 0 Å². The SMILES string of the molecule is C=C[C@@H](N)c1ccc(C(C)(C)C)cc1. The van der Waals surface area contributed by atoms with E-state index in [1.807, 2.05) is 0 Å². The molecule has 1 nitrogen and oxygen atoms in total. The van der Waals surface area contributed by atoms with Gasteiger partial charge < -0.3 is 5.73 Å². The Labute approximate surface area is 86.6 Å². The molecule has 0 bridgehead atoms. The molecule has 0 unspecified atom stereocenters. The number of nitrogens with two attached hydrogens (primary N) is 1. The topological polar surface area (TPSA) is 26.0 Å². The number of benzene rings is 1. The van der Waals surface area contributed by atoms with Crippen LogP contribution in [-0.4, -0.2) is 0 Å². The molecule has 0 aliphatic rings. The predicted octanol–water partition coefficient (Wildman–Crippen LogP) is 3.17. The number of hydrogen-bond acceptors (Lipinski definition) is 1. The van der Waals surface area contributed by atoms with Crippen LogP contribution in [0.4, 0.5) is 0 Å². The van der Waals surface area contributed by atoms with Crippen molar-refractivity contribution in [3.05, 3.63) is 48.0 Å². The zero-order chi connectivity index (χ0) is 10.8. The van der Waals surface area contributed by atoms with Gasteiger partial charge in [0.15, 0.2) is 0 Å². The third kappa shape index (κ3) is 2.46. The van der Waals surface area contributed by atoms with Crippen LogP contribution >= 0.6 is 0 Å². The predicted molar refractivity (Wildman–Crippen MR) is 62.3 cm³/mol. The van der Waals surface area contributed by atoms with E-state index in [9.17, 15) is 0 Å². The van der Waals surface area contributed by atoms with E-state index in [2.05, 4.69) is 51.6 Å². The average Bonchev–Trinajstić information content (AvgIpc) is 2.15. The average molecular weight is 189 g/mol. The van der Waals surface area contributed by atoms with E-state index in [1.165, 1.54) is 5.56 Å². The second kappa shape index (κ2) is 3.97. The lowest BCUT2D eigenvalue weighted by molar-refractivity contribution is 0.590. The number of hydrogen-bond donors (Lipinski definition) is 1. The molecule has 0 saturated carbocycles. The maximum Gasteiger partial charge on any atom is 0.0478 e. The molecule has 0 amide bonds. The Bertz CT molecular complexity index is 303. The fourth-order valence-electron chi connectivity index (χ4n) is 1.34. The molecule has 0 fully saturated rings. The molecular weight excluding hydrogens is 170 g/mol. The van der Waals surface area contributed by atoms with Crippen molar-refractivity contribution in [2.75, 3.05) is 0 Å². The molecule has 0 radical (unpaired) electrons. The molecule has 0 spiro atoms. The standard InChI is InChI=1S/C13H19N/c1-5-12(14)10-6-8-11(9-7-10)13(2,3)4/h5-9,12H,1,14H2,2-4H3/t12-/m1/s1. The summed E-state index contributed by atoms with van der Waals surface area (Å²) in [6, 6.07) is 8.38. The first kappa shape index (κ1) is 11.0. The Morgan fingerprint density at radius 3 is 2.07 bits per heavy atom. The highest BCUT2D eigenvalue weighted by molar-refractivity contribution is 5.30. The van der Waals surface area contributed by atoms with Gasteiger partial charge in [-0.25, -0.2) is 0 Å². The molecule has 1 aromatic rings. The third-order valence-corrected chi connectivity index (χ3v) is 2.42. The summed E-state index contributed by atoms with van der Waals surface area (Å²) in [7, 11) is 0. The van der Waals surface area contributed by atoms with Crippen LogP contribution in [0, 0.1) is 0 Å². The van der Waals surface area contributed by atoms with E-state index in [-0.39, 0.29) is 11.5 Å². The molecule has 1 rings (SSSR count). The van der Waals surface area contributed by atoms with Crippen LogP contribution in [0.25, 0.3) is 0 Å². The third-order valence-electron chi connectivity index (χ3n) is 2.42. The van der Waals surface area contributed by atoms with Crippen LogP contribution in [0.5, 0.6) is 0 Å². The normalized spacial score (nSPS) is 13.7. The summed E-state index contributed by atoms with van der Waals surface area (Å²) in [5.41, 5.74) is 8.49. The lowest BCUT2D eigenvalue weighted by Gasteiger charge is -2.19. The van der Waals surface area contributed by atoms with Crippen LogP contribution in [0.2, 0.25) is 0 Å². The van der Waals surface area contributed by atoms with Crippen LogP contribution in [0.1, 0.15) is 37.9 Å². The van der Waals surface area contributed by atoms with Crippen LogP contribution in [0.3, 0.4) is 0 Å². The van der Waals surface area contributed by atoms with Crippen molar-refractivity contribution in [2.24, 2.45) is 5.73 Å². The quantitative estimate of drug-likeness (QED) is 0.710. The lowest BCUT2D eigenvalue weighted by Crippen LogP contribution is -2.12. The highest BCUT2D eigenvalue weighted by atomic mass is 14.6. The zero-order valence-corrected chi connectivity index (χ0v) is 9.25. The van der Waals surface area contributed by atoms with Crippen molar-refractivity contribution < 1.29 is 0 Å². The van der Waals surface area contributed by atoms with Crippen LogP contribution < -0.4 is 5.73 Å². The molecule has 76 valence electrons. The molecule has 0 aromatic heterocycles. The van der Waals surface area contributed by atoms with Gasteiger partial charge in [0.25, 0.3) is 0 Å². The van der Waals surface area contributed by atoms with Crippen LogP contribution in [-0.2, 0) is 5.41 Å². The monoisotopic (exact) mass is 189 g/mol. The molecular formula is C13H19N.